The first-order chi connectivity index (χ1) is 8.87. The highest BCUT2D eigenvalue weighted by molar-refractivity contribution is 5.82. The molecule has 1 aromatic rings. The summed E-state index contributed by atoms with van der Waals surface area (Å²) in [5.41, 5.74) is 4.24. The topological polar surface area (TPSA) is 104 Å². The number of aromatic hydroxyl groups is 2. The summed E-state index contributed by atoms with van der Waals surface area (Å²) in [6.45, 7) is 0.835. The second-order valence-corrected chi connectivity index (χ2v) is 2.77. The summed E-state index contributed by atoms with van der Waals surface area (Å²) >= 11 is 0. The molecule has 0 amide bonds. The highest BCUT2D eigenvalue weighted by atomic mass is 16.3. The van der Waals surface area contributed by atoms with Gasteiger partial charge in [-0.3, -0.25) is 4.79 Å². The van der Waals surface area contributed by atoms with Gasteiger partial charge < -0.3 is 21.1 Å². The summed E-state index contributed by atoms with van der Waals surface area (Å²) in [4.78, 5) is 11.3. The van der Waals surface area contributed by atoms with Crippen molar-refractivity contribution in [1.82, 2.24) is 0 Å². The van der Waals surface area contributed by atoms with E-state index in [9.17, 15) is 20.1 Å². The first-order valence-corrected chi connectivity index (χ1v) is 3.91. The van der Waals surface area contributed by atoms with Gasteiger partial charge >= 0.3 is 0 Å². The Labute approximate surface area is 93.8 Å². The summed E-state index contributed by atoms with van der Waals surface area (Å²) in [5.74, 6) is -3.34. The van der Waals surface area contributed by atoms with Crippen LogP contribution in [-0.2, 0) is 4.79 Å². The molecular formula is C10H13NO4. The van der Waals surface area contributed by atoms with E-state index in [0.29, 0.717) is 0 Å². The first kappa shape index (κ1) is 6.09. The minimum Gasteiger partial charge on any atom is -0.504 e. The van der Waals surface area contributed by atoms with Gasteiger partial charge in [0.25, 0.3) is 0 Å². The number of ketones is 1. The molecule has 5 nitrogen and oxygen atoms in total. The highest BCUT2D eigenvalue weighted by Crippen LogP contribution is 2.28. The number of hydrogen-bond acceptors (Lipinski definition) is 5. The Balaban J connectivity index is 3.76. The summed E-state index contributed by atoms with van der Waals surface area (Å²) in [6, 6.07) is -5.91. The first-order valence-electron chi connectivity index (χ1n) is 6.41. The third kappa shape index (κ3) is 2.45. The Kier molecular flexibility index (Phi) is 1.74. The molecule has 0 radical (unpaired) electrons. The van der Waals surface area contributed by atoms with Gasteiger partial charge in [0.1, 0.15) is 11.9 Å². The molecule has 0 fully saturated rings. The van der Waals surface area contributed by atoms with E-state index in [0.717, 1.165) is 6.92 Å². The third-order valence-electron chi connectivity index (χ3n) is 1.64. The fourth-order valence-corrected chi connectivity index (χ4v) is 0.810. The van der Waals surface area contributed by atoms with E-state index in [1.165, 1.54) is 0 Å². The molecule has 0 aliphatic carbocycles. The lowest BCUT2D eigenvalue weighted by molar-refractivity contribution is -0.120. The molecule has 0 bridgehead atoms. The van der Waals surface area contributed by atoms with Crippen molar-refractivity contribution >= 4 is 5.78 Å². The fraction of sp³-hybridized carbons (Fsp3) is 0.300. The minimum absolute atomic E-state index is 0.835. The summed E-state index contributed by atoms with van der Waals surface area (Å²) in [6.07, 6.45) is -3.26. The third-order valence-corrected chi connectivity index (χ3v) is 1.64. The van der Waals surface area contributed by atoms with Crippen molar-refractivity contribution < 1.29 is 27.0 Å². The van der Waals surface area contributed by atoms with E-state index >= 15 is 0 Å². The summed E-state index contributed by atoms with van der Waals surface area (Å²) in [7, 11) is 0. The fourth-order valence-electron chi connectivity index (χ4n) is 0.810. The largest absolute Gasteiger partial charge is 0.504 e. The number of nitrogens with two attached hydrogens (primary N) is 1. The van der Waals surface area contributed by atoms with Gasteiger partial charge in [0, 0.05) is 0 Å². The van der Waals surface area contributed by atoms with Crippen LogP contribution in [-0.4, -0.2) is 27.1 Å². The standard InChI is InChI=1S/C10H13NO4/c1-5(12)9(11)10(15)6-2-3-7(13)8(14)4-6/h2-4,9-10,13-15H,11H2,1H3/t9-,10+/m1/s1/i2D,3D,4D,9D,10D. The van der Waals surface area contributed by atoms with Crippen LogP contribution in [0.5, 0.6) is 11.5 Å². The molecule has 0 saturated heterocycles. The SMILES string of the molecule is [2H]c1c([2H])c([C@]([2H])(O)[C@]([2H])(N)C(C)=O)c([2H])c(O)c1O. The van der Waals surface area contributed by atoms with Gasteiger partial charge in [-0.05, 0) is 24.6 Å². The number of phenolic OH excluding ortho intramolecular Hbond substituents is 2. The number of phenols is 2. The molecule has 0 spiro atoms. The number of rotatable bonds is 3. The highest BCUT2D eigenvalue weighted by Gasteiger charge is 2.21. The van der Waals surface area contributed by atoms with Gasteiger partial charge in [0.15, 0.2) is 11.5 Å². The monoisotopic (exact) mass is 216 g/mol. The van der Waals surface area contributed by atoms with Crippen LogP contribution < -0.4 is 5.73 Å². The van der Waals surface area contributed by atoms with E-state index < -0.39 is 53.1 Å². The number of carbonyl (C=O) groups excluding carboxylic acids is 1. The Bertz CT molecular complexity index is 558. The molecule has 2 atom stereocenters. The smallest absolute Gasteiger partial charge is 0.157 e. The number of aliphatic hydroxyl groups is 1. The van der Waals surface area contributed by atoms with E-state index in [-0.39, 0.29) is 0 Å². The zero-order valence-electron chi connectivity index (χ0n) is 12.8. The second-order valence-electron chi connectivity index (χ2n) is 2.77. The molecule has 0 aliphatic heterocycles. The van der Waals surface area contributed by atoms with E-state index in [1.54, 1.807) is 0 Å². The van der Waals surface area contributed by atoms with Crippen molar-refractivity contribution in [2.45, 2.75) is 19.0 Å². The lowest BCUT2D eigenvalue weighted by Crippen LogP contribution is -2.35. The molecule has 15 heavy (non-hydrogen) atoms. The number of benzene rings is 1. The van der Waals surface area contributed by atoms with Crippen LogP contribution in [0, 0.1) is 0 Å². The maximum absolute atomic E-state index is 11.3. The van der Waals surface area contributed by atoms with Gasteiger partial charge in [-0.1, -0.05) is 6.04 Å². The van der Waals surface area contributed by atoms with Crippen LogP contribution in [0.2, 0.25) is 0 Å². The predicted molar refractivity (Wildman–Crippen MR) is 53.4 cm³/mol. The lowest BCUT2D eigenvalue weighted by Gasteiger charge is -2.16. The molecule has 5 N–H and O–H groups in total. The van der Waals surface area contributed by atoms with Gasteiger partial charge in [0.05, 0.1) is 12.9 Å². The molecule has 82 valence electrons. The Morgan fingerprint density at radius 1 is 1.53 bits per heavy atom. The van der Waals surface area contributed by atoms with E-state index in [4.69, 9.17) is 12.6 Å². The zero-order chi connectivity index (χ0) is 16.0. The van der Waals surface area contributed by atoms with Crippen LogP contribution in [0.4, 0.5) is 0 Å². The van der Waals surface area contributed by atoms with Crippen molar-refractivity contribution in [2.75, 3.05) is 0 Å². The molecule has 1 aromatic carbocycles. The zero-order valence-corrected chi connectivity index (χ0v) is 7.83. The van der Waals surface area contributed by atoms with Crippen LogP contribution in [0.25, 0.3) is 0 Å². The van der Waals surface area contributed by atoms with Crippen LogP contribution >= 0.6 is 0 Å². The number of carbonyl (C=O) groups is 1. The maximum atomic E-state index is 11.3. The lowest BCUT2D eigenvalue weighted by atomic mass is 10.00. The van der Waals surface area contributed by atoms with E-state index in [2.05, 4.69) is 0 Å². The molecule has 0 heterocycles. The number of hydrogen-bond donors (Lipinski definition) is 4. The second kappa shape index (κ2) is 4.29. The summed E-state index contributed by atoms with van der Waals surface area (Å²) < 4.78 is 37.6. The van der Waals surface area contributed by atoms with Crippen molar-refractivity contribution in [3.63, 3.8) is 0 Å². The average Bonchev–Trinajstić information content (AvgIpc) is 2.33. The Morgan fingerprint density at radius 3 is 2.67 bits per heavy atom. The van der Waals surface area contributed by atoms with Gasteiger partial charge in [-0.25, -0.2) is 0 Å². The quantitative estimate of drug-likeness (QED) is 0.534. The predicted octanol–water partition coefficient (Wildman–Crippen LogP) is 0.0475. The Morgan fingerprint density at radius 2 is 2.13 bits per heavy atom. The van der Waals surface area contributed by atoms with Crippen molar-refractivity contribution in [1.29, 1.82) is 0 Å². The van der Waals surface area contributed by atoms with Crippen molar-refractivity contribution in [3.05, 3.63) is 23.7 Å². The van der Waals surface area contributed by atoms with Gasteiger partial charge in [-0.2, -0.15) is 0 Å². The average molecular weight is 216 g/mol. The van der Waals surface area contributed by atoms with Crippen LogP contribution in [0.3, 0.4) is 0 Å². The maximum Gasteiger partial charge on any atom is 0.157 e. The van der Waals surface area contributed by atoms with E-state index in [1.807, 2.05) is 0 Å². The van der Waals surface area contributed by atoms with Crippen LogP contribution in [0.1, 0.15) is 25.4 Å². The number of Topliss-reactive ketones (excluding diaryl/α,β-unsaturated/α-hetero) is 1. The molecule has 1 rings (SSSR count). The van der Waals surface area contributed by atoms with Crippen LogP contribution in [0.15, 0.2) is 18.1 Å². The molecule has 5 heteroatoms. The molecule has 0 aliphatic rings. The molecule has 0 saturated carbocycles. The van der Waals surface area contributed by atoms with Gasteiger partial charge in [0.2, 0.25) is 0 Å². The Hall–Kier alpha value is -1.59. The van der Waals surface area contributed by atoms with Crippen molar-refractivity contribution in [2.24, 2.45) is 5.73 Å². The molecular weight excluding hydrogens is 198 g/mol. The minimum atomic E-state index is -3.26. The molecule has 0 aromatic heterocycles. The van der Waals surface area contributed by atoms with Gasteiger partial charge in [-0.15, -0.1) is 0 Å². The summed E-state index contributed by atoms with van der Waals surface area (Å²) in [5, 5.41) is 28.7. The normalized spacial score (nSPS) is 23.5. The van der Waals surface area contributed by atoms with Crippen molar-refractivity contribution in [3.8, 4) is 11.5 Å². The molecule has 0 unspecified atom stereocenters.